The molecule has 0 radical (unpaired) electrons. The average Bonchev–Trinajstić information content (AvgIpc) is 2.50. The Labute approximate surface area is 116 Å². The van der Waals surface area contributed by atoms with Crippen LogP contribution in [0.25, 0.3) is 0 Å². The largest absolute Gasteiger partial charge is 0.394 e. The zero-order valence-electron chi connectivity index (χ0n) is 10.8. The topological polar surface area (TPSA) is 142 Å². The maximum atomic E-state index is 9.89. The third-order valence-electron chi connectivity index (χ3n) is 3.10. The lowest BCUT2D eigenvalue weighted by Gasteiger charge is -2.22. The highest BCUT2D eigenvalue weighted by molar-refractivity contribution is 5.35. The molecule has 0 fully saturated rings. The van der Waals surface area contributed by atoms with Crippen molar-refractivity contribution >= 4 is 0 Å². The van der Waals surface area contributed by atoms with Gasteiger partial charge in [0.05, 0.1) is 19.8 Å². The van der Waals surface area contributed by atoms with Crippen LogP contribution in [-0.4, -0.2) is 61.2 Å². The minimum atomic E-state index is -1.44. The molecule has 1 rings (SSSR count). The van der Waals surface area contributed by atoms with Gasteiger partial charge in [0.2, 0.25) is 0 Å². The van der Waals surface area contributed by atoms with Crippen LogP contribution in [0.15, 0.2) is 18.2 Å². The van der Waals surface area contributed by atoms with Crippen molar-refractivity contribution in [2.24, 2.45) is 0 Å². The predicted molar refractivity (Wildman–Crippen MR) is 68.5 cm³/mol. The summed E-state index contributed by atoms with van der Waals surface area (Å²) >= 11 is 0. The number of hydrogen-bond donors (Lipinski definition) is 7. The van der Waals surface area contributed by atoms with Crippen LogP contribution in [0.5, 0.6) is 0 Å². The fourth-order valence-corrected chi connectivity index (χ4v) is 1.85. The summed E-state index contributed by atoms with van der Waals surface area (Å²) in [5.41, 5.74) is 0.665. The van der Waals surface area contributed by atoms with Crippen molar-refractivity contribution < 1.29 is 35.7 Å². The molecular weight excluding hydrogens is 268 g/mol. The van der Waals surface area contributed by atoms with E-state index in [2.05, 4.69) is 0 Å². The second-order valence-corrected chi connectivity index (χ2v) is 4.51. The summed E-state index contributed by atoms with van der Waals surface area (Å²) < 4.78 is 0. The third kappa shape index (κ3) is 3.74. The number of aliphatic hydroxyl groups excluding tert-OH is 7. The number of aliphatic hydroxyl groups is 7. The van der Waals surface area contributed by atoms with Gasteiger partial charge < -0.3 is 35.7 Å². The maximum Gasteiger partial charge on any atom is 0.107 e. The molecule has 4 unspecified atom stereocenters. The molecule has 0 aliphatic rings. The molecule has 1 aromatic rings. The van der Waals surface area contributed by atoms with Gasteiger partial charge in [-0.05, 0) is 16.7 Å². The molecule has 7 heteroatoms. The Morgan fingerprint density at radius 3 is 1.85 bits per heavy atom. The van der Waals surface area contributed by atoms with E-state index in [-0.39, 0.29) is 11.1 Å². The zero-order chi connectivity index (χ0) is 15.3. The summed E-state index contributed by atoms with van der Waals surface area (Å²) in [6.07, 6.45) is -5.64. The van der Waals surface area contributed by atoms with E-state index in [0.29, 0.717) is 5.56 Å². The van der Waals surface area contributed by atoms with Crippen molar-refractivity contribution in [3.05, 3.63) is 34.9 Å². The average molecular weight is 288 g/mol. The smallest absolute Gasteiger partial charge is 0.107 e. The molecule has 4 atom stereocenters. The lowest BCUT2D eigenvalue weighted by atomic mass is 9.94. The van der Waals surface area contributed by atoms with Crippen molar-refractivity contribution in [1.82, 2.24) is 0 Å². The summed E-state index contributed by atoms with van der Waals surface area (Å²) in [6, 6.07) is 4.15. The highest BCUT2D eigenvalue weighted by Crippen LogP contribution is 2.26. The Bertz CT molecular complexity index is 423. The first kappa shape index (κ1) is 17.0. The Morgan fingerprint density at radius 2 is 1.35 bits per heavy atom. The number of hydrogen-bond acceptors (Lipinski definition) is 7. The zero-order valence-corrected chi connectivity index (χ0v) is 10.8. The second kappa shape index (κ2) is 7.65. The Balaban J connectivity index is 3.14. The molecule has 0 spiro atoms. The SMILES string of the molecule is OCc1ccc(C(O)C(O)CO)cc1C(O)C(O)CO. The molecule has 7 nitrogen and oxygen atoms in total. The van der Waals surface area contributed by atoms with Crippen LogP contribution in [0.1, 0.15) is 28.9 Å². The van der Waals surface area contributed by atoms with Crippen LogP contribution in [0.4, 0.5) is 0 Å². The lowest BCUT2D eigenvalue weighted by molar-refractivity contribution is -0.0191. The van der Waals surface area contributed by atoms with Gasteiger partial charge in [-0.3, -0.25) is 0 Å². The van der Waals surface area contributed by atoms with E-state index in [4.69, 9.17) is 10.2 Å². The highest BCUT2D eigenvalue weighted by atomic mass is 16.4. The van der Waals surface area contributed by atoms with Gasteiger partial charge >= 0.3 is 0 Å². The Morgan fingerprint density at radius 1 is 0.800 bits per heavy atom. The van der Waals surface area contributed by atoms with Gasteiger partial charge in [0.1, 0.15) is 24.4 Å². The van der Waals surface area contributed by atoms with E-state index in [9.17, 15) is 25.5 Å². The molecule has 0 heterocycles. The molecule has 0 bridgehead atoms. The first-order chi connectivity index (χ1) is 9.46. The van der Waals surface area contributed by atoms with Gasteiger partial charge in [0, 0.05) is 0 Å². The van der Waals surface area contributed by atoms with E-state index in [0.717, 1.165) is 0 Å². The highest BCUT2D eigenvalue weighted by Gasteiger charge is 2.23. The predicted octanol–water partition coefficient (Wildman–Crippen LogP) is -2.05. The second-order valence-electron chi connectivity index (χ2n) is 4.51. The van der Waals surface area contributed by atoms with Crippen molar-refractivity contribution in [3.63, 3.8) is 0 Å². The van der Waals surface area contributed by atoms with Gasteiger partial charge in [0.25, 0.3) is 0 Å². The van der Waals surface area contributed by atoms with Crippen LogP contribution in [0.3, 0.4) is 0 Å². The molecule has 20 heavy (non-hydrogen) atoms. The van der Waals surface area contributed by atoms with Gasteiger partial charge in [-0.25, -0.2) is 0 Å². The van der Waals surface area contributed by atoms with Crippen molar-refractivity contribution in [3.8, 4) is 0 Å². The van der Waals surface area contributed by atoms with Gasteiger partial charge in [-0.15, -0.1) is 0 Å². The van der Waals surface area contributed by atoms with Crippen LogP contribution in [-0.2, 0) is 6.61 Å². The van der Waals surface area contributed by atoms with E-state index in [1.165, 1.54) is 18.2 Å². The summed E-state index contributed by atoms with van der Waals surface area (Å²) in [4.78, 5) is 0. The van der Waals surface area contributed by atoms with E-state index >= 15 is 0 Å². The van der Waals surface area contributed by atoms with Crippen molar-refractivity contribution in [1.29, 1.82) is 0 Å². The fraction of sp³-hybridized carbons (Fsp3) is 0.538. The van der Waals surface area contributed by atoms with Gasteiger partial charge in [-0.1, -0.05) is 18.2 Å². The minimum Gasteiger partial charge on any atom is -0.394 e. The standard InChI is InChI=1S/C13H20O7/c14-4-8-2-1-7(12(19)10(17)5-15)3-9(8)13(20)11(18)6-16/h1-3,10-20H,4-6H2. The van der Waals surface area contributed by atoms with Gasteiger partial charge in [0.15, 0.2) is 0 Å². The Kier molecular flexibility index (Phi) is 6.50. The summed E-state index contributed by atoms with van der Waals surface area (Å²) in [5.74, 6) is 0. The maximum absolute atomic E-state index is 9.89. The third-order valence-corrected chi connectivity index (χ3v) is 3.10. The van der Waals surface area contributed by atoms with Crippen molar-refractivity contribution in [2.75, 3.05) is 13.2 Å². The molecule has 7 N–H and O–H groups in total. The van der Waals surface area contributed by atoms with Crippen LogP contribution >= 0.6 is 0 Å². The molecule has 1 aromatic carbocycles. The van der Waals surface area contributed by atoms with Gasteiger partial charge in [-0.2, -0.15) is 0 Å². The molecule has 0 aliphatic heterocycles. The quantitative estimate of drug-likeness (QED) is 0.306. The van der Waals surface area contributed by atoms with E-state index in [1.807, 2.05) is 0 Å². The van der Waals surface area contributed by atoms with Crippen LogP contribution in [0.2, 0.25) is 0 Å². The monoisotopic (exact) mass is 288 g/mol. The molecule has 0 aromatic heterocycles. The summed E-state index contributed by atoms with van der Waals surface area (Å²) in [6.45, 7) is -1.71. The van der Waals surface area contributed by atoms with Crippen LogP contribution in [0, 0.1) is 0 Å². The lowest BCUT2D eigenvalue weighted by Crippen LogP contribution is -2.25. The summed E-state index contributed by atoms with van der Waals surface area (Å²) in [7, 11) is 0. The first-order valence-electron chi connectivity index (χ1n) is 6.13. The molecule has 0 amide bonds. The first-order valence-corrected chi connectivity index (χ1v) is 6.13. The fourth-order valence-electron chi connectivity index (χ4n) is 1.85. The molecular formula is C13H20O7. The molecule has 0 saturated heterocycles. The normalized spacial score (nSPS) is 17.6. The Hall–Kier alpha value is -1.06. The minimum absolute atomic E-state index is 0.135. The molecule has 114 valence electrons. The van der Waals surface area contributed by atoms with Crippen LogP contribution < -0.4 is 0 Å². The van der Waals surface area contributed by atoms with Crippen molar-refractivity contribution in [2.45, 2.75) is 31.0 Å². The van der Waals surface area contributed by atoms with E-state index in [1.54, 1.807) is 0 Å². The number of benzene rings is 1. The summed E-state index contributed by atoms with van der Waals surface area (Å²) in [5, 5.41) is 65.4. The molecule has 0 saturated carbocycles. The molecule has 0 aliphatic carbocycles. The number of rotatable bonds is 7. The van der Waals surface area contributed by atoms with E-state index < -0.39 is 44.2 Å².